The maximum Gasteiger partial charge on any atom is 0.421 e. The van der Waals surface area contributed by atoms with E-state index in [0.29, 0.717) is 17.7 Å². The molecular weight excluding hydrogens is 356 g/mol. The average Bonchev–Trinajstić information content (AvgIpc) is 3.01. The van der Waals surface area contributed by atoms with Crippen molar-refractivity contribution in [2.45, 2.75) is 13.1 Å². The smallest absolute Gasteiger partial charge is 0.372 e. The Morgan fingerprint density at radius 3 is 2.58 bits per heavy atom. The van der Waals surface area contributed by atoms with Gasteiger partial charge in [-0.1, -0.05) is 0 Å². The van der Waals surface area contributed by atoms with Crippen LogP contribution in [0.3, 0.4) is 0 Å². The van der Waals surface area contributed by atoms with Gasteiger partial charge < -0.3 is 10.6 Å². The van der Waals surface area contributed by atoms with E-state index in [2.05, 4.69) is 36.1 Å². The van der Waals surface area contributed by atoms with Gasteiger partial charge in [-0.05, 0) is 35.5 Å². The molecule has 136 valence electrons. The molecule has 0 amide bonds. The summed E-state index contributed by atoms with van der Waals surface area (Å²) in [6, 6.07) is 3.94. The molecule has 3 aromatic rings. The van der Waals surface area contributed by atoms with Crippen LogP contribution in [-0.4, -0.2) is 37.2 Å². The Morgan fingerprint density at radius 1 is 1.19 bits per heavy atom. The summed E-state index contributed by atoms with van der Waals surface area (Å²) in [6.07, 6.45) is -3.92. The summed E-state index contributed by atoms with van der Waals surface area (Å²) in [7, 11) is 1.32. The molecule has 0 aliphatic carbocycles. The summed E-state index contributed by atoms with van der Waals surface area (Å²) in [5.41, 5.74) is -0.578. The Kier molecular flexibility index (Phi) is 4.40. The zero-order chi connectivity index (χ0) is 18.9. The van der Waals surface area contributed by atoms with E-state index in [-0.39, 0.29) is 17.5 Å². The van der Waals surface area contributed by atoms with Gasteiger partial charge in [-0.15, -0.1) is 5.10 Å². The van der Waals surface area contributed by atoms with E-state index in [1.165, 1.54) is 29.9 Å². The SMILES string of the molecule is CNc1nc(Nc2ccc(F)c(-n3nnnc3C)c2)ncc1C(F)(F)F. The Balaban J connectivity index is 1.94. The summed E-state index contributed by atoms with van der Waals surface area (Å²) in [4.78, 5) is 7.45. The molecule has 0 aliphatic rings. The van der Waals surface area contributed by atoms with E-state index >= 15 is 0 Å². The monoisotopic (exact) mass is 368 g/mol. The van der Waals surface area contributed by atoms with Gasteiger partial charge in [0.15, 0.2) is 5.82 Å². The van der Waals surface area contributed by atoms with Gasteiger partial charge in [0.1, 0.15) is 22.9 Å². The summed E-state index contributed by atoms with van der Waals surface area (Å²) in [6.45, 7) is 1.59. The van der Waals surface area contributed by atoms with E-state index in [1.807, 2.05) is 0 Å². The number of anilines is 3. The van der Waals surface area contributed by atoms with Crippen LogP contribution in [0.15, 0.2) is 24.4 Å². The minimum atomic E-state index is -4.59. The lowest BCUT2D eigenvalue weighted by molar-refractivity contribution is -0.137. The van der Waals surface area contributed by atoms with Crippen molar-refractivity contribution in [3.8, 4) is 5.69 Å². The van der Waals surface area contributed by atoms with Crippen molar-refractivity contribution < 1.29 is 17.6 Å². The Hall–Kier alpha value is -3.31. The summed E-state index contributed by atoms with van der Waals surface area (Å²) in [5, 5.41) is 15.9. The normalized spacial score (nSPS) is 11.5. The van der Waals surface area contributed by atoms with E-state index in [0.717, 1.165) is 0 Å². The Morgan fingerprint density at radius 2 is 1.96 bits per heavy atom. The predicted molar refractivity (Wildman–Crippen MR) is 83.7 cm³/mol. The molecule has 2 aromatic heterocycles. The fourth-order valence-electron chi connectivity index (χ4n) is 2.18. The highest BCUT2D eigenvalue weighted by Crippen LogP contribution is 2.33. The van der Waals surface area contributed by atoms with Crippen molar-refractivity contribution in [2.24, 2.45) is 0 Å². The van der Waals surface area contributed by atoms with Crippen LogP contribution < -0.4 is 10.6 Å². The molecule has 0 saturated carbocycles. The first-order chi connectivity index (χ1) is 12.3. The molecule has 12 heteroatoms. The zero-order valence-corrected chi connectivity index (χ0v) is 13.5. The molecule has 0 atom stereocenters. The van der Waals surface area contributed by atoms with Crippen LogP contribution in [0.2, 0.25) is 0 Å². The zero-order valence-electron chi connectivity index (χ0n) is 13.5. The Bertz CT molecular complexity index is 937. The van der Waals surface area contributed by atoms with Crippen LogP contribution >= 0.6 is 0 Å². The van der Waals surface area contributed by atoms with Crippen molar-refractivity contribution in [3.05, 3.63) is 41.6 Å². The van der Waals surface area contributed by atoms with Crippen molar-refractivity contribution in [1.29, 1.82) is 0 Å². The molecule has 3 rings (SSSR count). The molecule has 1 aromatic carbocycles. The first-order valence-electron chi connectivity index (χ1n) is 7.23. The molecule has 2 heterocycles. The second-order valence-electron chi connectivity index (χ2n) is 5.13. The minimum Gasteiger partial charge on any atom is -0.372 e. The molecule has 2 N–H and O–H groups in total. The van der Waals surface area contributed by atoms with Crippen molar-refractivity contribution in [1.82, 2.24) is 30.2 Å². The van der Waals surface area contributed by atoms with E-state index in [1.54, 1.807) is 6.92 Å². The van der Waals surface area contributed by atoms with Crippen LogP contribution in [0.25, 0.3) is 5.69 Å². The molecule has 0 saturated heterocycles. The Labute approximate surface area is 144 Å². The summed E-state index contributed by atoms with van der Waals surface area (Å²) < 4.78 is 53.9. The highest BCUT2D eigenvalue weighted by molar-refractivity contribution is 5.59. The van der Waals surface area contributed by atoms with Crippen LogP contribution in [0.4, 0.5) is 35.0 Å². The van der Waals surface area contributed by atoms with Crippen LogP contribution in [0.1, 0.15) is 11.4 Å². The van der Waals surface area contributed by atoms with Gasteiger partial charge in [0.25, 0.3) is 0 Å². The molecule has 26 heavy (non-hydrogen) atoms. The number of halogens is 4. The van der Waals surface area contributed by atoms with Gasteiger partial charge in [-0.2, -0.15) is 22.8 Å². The van der Waals surface area contributed by atoms with Crippen LogP contribution in [-0.2, 0) is 6.18 Å². The number of alkyl halides is 3. The fourth-order valence-corrected chi connectivity index (χ4v) is 2.18. The lowest BCUT2D eigenvalue weighted by atomic mass is 10.2. The van der Waals surface area contributed by atoms with Gasteiger partial charge >= 0.3 is 6.18 Å². The number of benzene rings is 1. The number of nitrogens with zero attached hydrogens (tertiary/aromatic N) is 6. The standard InChI is InChI=1S/C14H12F4N8/c1-7-23-24-25-26(7)11-5-8(3-4-10(11)15)21-13-20-6-9(14(16,17)18)12(19-2)22-13/h3-6H,1-2H3,(H2,19,20,21,22). The van der Waals surface area contributed by atoms with Crippen molar-refractivity contribution in [2.75, 3.05) is 17.7 Å². The number of rotatable bonds is 4. The van der Waals surface area contributed by atoms with Gasteiger partial charge in [0.05, 0.1) is 0 Å². The third kappa shape index (κ3) is 3.38. The highest BCUT2D eigenvalue weighted by atomic mass is 19.4. The summed E-state index contributed by atoms with van der Waals surface area (Å²) in [5.74, 6) is -0.679. The van der Waals surface area contributed by atoms with Crippen molar-refractivity contribution >= 4 is 17.5 Å². The number of nitrogens with one attached hydrogen (secondary N) is 2. The van der Waals surface area contributed by atoms with Gasteiger partial charge in [-0.3, -0.25) is 0 Å². The third-order valence-electron chi connectivity index (χ3n) is 3.39. The second-order valence-corrected chi connectivity index (χ2v) is 5.13. The number of aromatic nitrogens is 6. The first-order valence-corrected chi connectivity index (χ1v) is 7.23. The number of tetrazole rings is 1. The maximum absolute atomic E-state index is 14.0. The van der Waals surface area contributed by atoms with Crippen LogP contribution in [0.5, 0.6) is 0 Å². The molecular formula is C14H12F4N8. The lowest BCUT2D eigenvalue weighted by Gasteiger charge is -2.13. The molecule has 0 bridgehead atoms. The first kappa shape index (κ1) is 17.5. The molecule has 0 radical (unpaired) electrons. The molecule has 0 unspecified atom stereocenters. The quantitative estimate of drug-likeness (QED) is 0.684. The van der Waals surface area contributed by atoms with Gasteiger partial charge in [-0.25, -0.2) is 9.37 Å². The molecule has 0 aliphatic heterocycles. The predicted octanol–water partition coefficient (Wildman–Crippen LogP) is 2.70. The summed E-state index contributed by atoms with van der Waals surface area (Å²) >= 11 is 0. The maximum atomic E-state index is 14.0. The second kappa shape index (κ2) is 6.54. The van der Waals surface area contributed by atoms with Gasteiger partial charge in [0, 0.05) is 18.9 Å². The number of hydrogen-bond donors (Lipinski definition) is 2. The molecule has 8 nitrogen and oxygen atoms in total. The van der Waals surface area contributed by atoms with Crippen molar-refractivity contribution in [3.63, 3.8) is 0 Å². The van der Waals surface area contributed by atoms with Gasteiger partial charge in [0.2, 0.25) is 5.95 Å². The van der Waals surface area contributed by atoms with E-state index < -0.39 is 17.6 Å². The average molecular weight is 368 g/mol. The third-order valence-corrected chi connectivity index (χ3v) is 3.39. The fraction of sp³-hybridized carbons (Fsp3) is 0.214. The molecule has 0 fully saturated rings. The largest absolute Gasteiger partial charge is 0.421 e. The number of hydrogen-bond acceptors (Lipinski definition) is 7. The molecule has 0 spiro atoms. The number of aryl methyl sites for hydroxylation is 1. The highest BCUT2D eigenvalue weighted by Gasteiger charge is 2.35. The van der Waals surface area contributed by atoms with E-state index in [9.17, 15) is 17.6 Å². The minimum absolute atomic E-state index is 0.0678. The van der Waals surface area contributed by atoms with Crippen LogP contribution in [0, 0.1) is 12.7 Å². The lowest BCUT2D eigenvalue weighted by Crippen LogP contribution is -2.12. The van der Waals surface area contributed by atoms with E-state index in [4.69, 9.17) is 0 Å². The topological polar surface area (TPSA) is 93.4 Å².